The third kappa shape index (κ3) is 2.84. The summed E-state index contributed by atoms with van der Waals surface area (Å²) < 4.78 is 12.0. The zero-order valence-corrected chi connectivity index (χ0v) is 16.2. The first-order valence-corrected chi connectivity index (χ1v) is 8.87. The van der Waals surface area contributed by atoms with Crippen LogP contribution in [0.15, 0.2) is 43.7 Å². The van der Waals surface area contributed by atoms with E-state index in [2.05, 4.69) is 31.9 Å². The van der Waals surface area contributed by atoms with Crippen LogP contribution in [0.4, 0.5) is 0 Å². The Morgan fingerprint density at radius 2 is 1.88 bits per heavy atom. The Morgan fingerprint density at radius 3 is 2.46 bits per heavy atom. The maximum absolute atomic E-state index is 13.1. The maximum atomic E-state index is 13.1. The van der Waals surface area contributed by atoms with Gasteiger partial charge in [0, 0.05) is 17.4 Å². The van der Waals surface area contributed by atoms with Crippen LogP contribution in [0.3, 0.4) is 0 Å². The summed E-state index contributed by atoms with van der Waals surface area (Å²) in [5.41, 5.74) is 1.52. The lowest BCUT2D eigenvalue weighted by Crippen LogP contribution is -2.05. The Balaban J connectivity index is 2.24. The second kappa shape index (κ2) is 6.61. The Bertz CT molecular complexity index is 921. The van der Waals surface area contributed by atoms with Crippen molar-refractivity contribution < 1.29 is 19.1 Å². The maximum Gasteiger partial charge on any atom is 0.197 e. The number of benzene rings is 2. The molecule has 0 bridgehead atoms. The van der Waals surface area contributed by atoms with Gasteiger partial charge in [0.1, 0.15) is 22.8 Å². The molecule has 3 aromatic rings. The van der Waals surface area contributed by atoms with E-state index >= 15 is 0 Å². The predicted octanol–water partition coefficient (Wildman–Crippen LogP) is 5.47. The van der Waals surface area contributed by atoms with Gasteiger partial charge in [-0.25, -0.2) is 0 Å². The van der Waals surface area contributed by atoms with E-state index in [1.54, 1.807) is 24.3 Å². The molecule has 0 radical (unpaired) electrons. The summed E-state index contributed by atoms with van der Waals surface area (Å²) >= 11 is 6.51. The molecule has 3 rings (SSSR count). The molecule has 0 amide bonds. The van der Waals surface area contributed by atoms with Crippen LogP contribution in [0.2, 0.25) is 0 Å². The first-order chi connectivity index (χ1) is 11.5. The van der Waals surface area contributed by atoms with Gasteiger partial charge in [0.05, 0.1) is 21.6 Å². The van der Waals surface area contributed by atoms with Gasteiger partial charge in [0.25, 0.3) is 0 Å². The van der Waals surface area contributed by atoms with Gasteiger partial charge in [-0.1, -0.05) is 6.92 Å². The van der Waals surface area contributed by atoms with E-state index < -0.39 is 0 Å². The molecule has 0 spiro atoms. The number of furan rings is 1. The largest absolute Gasteiger partial charge is 0.506 e. The van der Waals surface area contributed by atoms with Crippen LogP contribution in [-0.4, -0.2) is 18.0 Å². The van der Waals surface area contributed by atoms with Crippen molar-refractivity contribution in [3.05, 3.63) is 56.2 Å². The van der Waals surface area contributed by atoms with Gasteiger partial charge in [-0.2, -0.15) is 0 Å². The monoisotopic (exact) mass is 452 g/mol. The number of aromatic hydroxyl groups is 1. The van der Waals surface area contributed by atoms with Gasteiger partial charge < -0.3 is 14.3 Å². The number of phenols is 1. The number of halogens is 2. The summed E-state index contributed by atoms with van der Waals surface area (Å²) in [6, 6.07) is 8.56. The number of ether oxygens (including phenoxy) is 1. The highest BCUT2D eigenvalue weighted by Crippen LogP contribution is 2.37. The molecule has 0 unspecified atom stereocenters. The zero-order chi connectivity index (χ0) is 17.4. The molecule has 6 heteroatoms. The highest BCUT2D eigenvalue weighted by molar-refractivity contribution is 9.11. The minimum absolute atomic E-state index is 0.0494. The number of phenolic OH excluding ortho intramolecular Hbond substituents is 1. The first kappa shape index (κ1) is 17.0. The SMILES string of the molecule is CCc1cc2c(C(=O)c3cc(Br)c(O)c(Br)c3)c(OC)ccc2o1. The van der Waals surface area contributed by atoms with Crippen LogP contribution in [-0.2, 0) is 6.42 Å². The second-order valence-corrected chi connectivity index (χ2v) is 6.95. The fraction of sp³-hybridized carbons (Fsp3) is 0.167. The molecule has 2 aromatic carbocycles. The fourth-order valence-electron chi connectivity index (χ4n) is 2.56. The van der Waals surface area contributed by atoms with Crippen molar-refractivity contribution in [1.82, 2.24) is 0 Å². The van der Waals surface area contributed by atoms with Gasteiger partial charge in [-0.15, -0.1) is 0 Å². The molecule has 0 saturated heterocycles. The van der Waals surface area contributed by atoms with E-state index in [0.717, 1.165) is 17.6 Å². The number of ketones is 1. The van der Waals surface area contributed by atoms with E-state index in [1.807, 2.05) is 13.0 Å². The van der Waals surface area contributed by atoms with Crippen molar-refractivity contribution in [2.24, 2.45) is 0 Å². The third-order valence-corrected chi connectivity index (χ3v) is 5.00. The standard InChI is InChI=1S/C18H14Br2O4/c1-3-10-8-11-14(24-10)4-5-15(23-2)16(11)17(21)9-6-12(19)18(22)13(20)7-9/h4-8,22H,3H2,1-2H3. The molecule has 1 aromatic heterocycles. The highest BCUT2D eigenvalue weighted by Gasteiger charge is 2.22. The summed E-state index contributed by atoms with van der Waals surface area (Å²) in [7, 11) is 1.53. The van der Waals surface area contributed by atoms with Crippen molar-refractivity contribution in [2.75, 3.05) is 7.11 Å². The number of methoxy groups -OCH3 is 1. The van der Waals surface area contributed by atoms with Crippen molar-refractivity contribution in [3.8, 4) is 11.5 Å². The number of carbonyl (C=O) groups excluding carboxylic acids is 1. The number of aryl methyl sites for hydroxylation is 1. The van der Waals surface area contributed by atoms with E-state index in [1.165, 1.54) is 7.11 Å². The molecule has 0 atom stereocenters. The molecular formula is C18H14Br2O4. The number of fused-ring (bicyclic) bond motifs is 1. The first-order valence-electron chi connectivity index (χ1n) is 7.28. The molecule has 0 aliphatic heterocycles. The number of rotatable bonds is 4. The summed E-state index contributed by atoms with van der Waals surface area (Å²) in [5, 5.41) is 10.6. The van der Waals surface area contributed by atoms with Crippen LogP contribution < -0.4 is 4.74 Å². The number of hydrogen-bond acceptors (Lipinski definition) is 4. The Morgan fingerprint density at radius 1 is 1.21 bits per heavy atom. The van der Waals surface area contributed by atoms with Crippen LogP contribution in [0.25, 0.3) is 11.0 Å². The van der Waals surface area contributed by atoms with E-state index in [-0.39, 0.29) is 11.5 Å². The molecule has 0 saturated carbocycles. The highest BCUT2D eigenvalue weighted by atomic mass is 79.9. The van der Waals surface area contributed by atoms with Crippen molar-refractivity contribution in [2.45, 2.75) is 13.3 Å². The molecule has 1 heterocycles. The van der Waals surface area contributed by atoms with E-state index in [0.29, 0.717) is 31.4 Å². The van der Waals surface area contributed by atoms with Crippen LogP contribution >= 0.6 is 31.9 Å². The van der Waals surface area contributed by atoms with Gasteiger partial charge in [0.2, 0.25) is 0 Å². The zero-order valence-electron chi connectivity index (χ0n) is 13.0. The number of hydrogen-bond donors (Lipinski definition) is 1. The summed E-state index contributed by atoms with van der Waals surface area (Å²) in [5.74, 6) is 1.13. The smallest absolute Gasteiger partial charge is 0.197 e. The lowest BCUT2D eigenvalue weighted by atomic mass is 9.98. The van der Waals surface area contributed by atoms with E-state index in [9.17, 15) is 9.90 Å². The van der Waals surface area contributed by atoms with Gasteiger partial charge in [-0.3, -0.25) is 4.79 Å². The predicted molar refractivity (Wildman–Crippen MR) is 99.1 cm³/mol. The average molecular weight is 454 g/mol. The van der Waals surface area contributed by atoms with Gasteiger partial charge in [0.15, 0.2) is 5.78 Å². The second-order valence-electron chi connectivity index (χ2n) is 5.24. The molecule has 124 valence electrons. The summed E-state index contributed by atoms with van der Waals surface area (Å²) in [4.78, 5) is 13.1. The third-order valence-electron chi connectivity index (χ3n) is 3.79. The van der Waals surface area contributed by atoms with Crippen LogP contribution in [0, 0.1) is 0 Å². The Labute approximate surface area is 155 Å². The van der Waals surface area contributed by atoms with Crippen molar-refractivity contribution in [3.63, 3.8) is 0 Å². The normalized spacial score (nSPS) is 11.0. The van der Waals surface area contributed by atoms with Crippen LogP contribution in [0.5, 0.6) is 11.5 Å². The van der Waals surface area contributed by atoms with E-state index in [4.69, 9.17) is 9.15 Å². The average Bonchev–Trinajstić information content (AvgIpc) is 3.00. The molecular weight excluding hydrogens is 440 g/mol. The lowest BCUT2D eigenvalue weighted by molar-refractivity contribution is 0.103. The summed E-state index contributed by atoms with van der Waals surface area (Å²) in [6.07, 6.45) is 0.737. The summed E-state index contributed by atoms with van der Waals surface area (Å²) in [6.45, 7) is 1.99. The fourth-order valence-corrected chi connectivity index (χ4v) is 3.75. The quantitative estimate of drug-likeness (QED) is 0.532. The molecule has 0 aliphatic carbocycles. The van der Waals surface area contributed by atoms with Gasteiger partial charge in [-0.05, 0) is 62.2 Å². The molecule has 0 aliphatic rings. The van der Waals surface area contributed by atoms with Crippen molar-refractivity contribution in [1.29, 1.82) is 0 Å². The Kier molecular flexibility index (Phi) is 4.69. The molecule has 1 N–H and O–H groups in total. The Hall–Kier alpha value is -1.79. The lowest BCUT2D eigenvalue weighted by Gasteiger charge is -2.10. The number of carbonyl (C=O) groups is 1. The van der Waals surface area contributed by atoms with Crippen molar-refractivity contribution >= 4 is 48.6 Å². The topological polar surface area (TPSA) is 59.7 Å². The van der Waals surface area contributed by atoms with Crippen LogP contribution in [0.1, 0.15) is 28.6 Å². The molecule has 24 heavy (non-hydrogen) atoms. The minimum atomic E-state index is -0.206. The molecule has 4 nitrogen and oxygen atoms in total. The minimum Gasteiger partial charge on any atom is -0.506 e. The van der Waals surface area contributed by atoms with Gasteiger partial charge >= 0.3 is 0 Å². The molecule has 0 fully saturated rings.